The molecule has 2 amide bonds. The van der Waals surface area contributed by atoms with Gasteiger partial charge < -0.3 is 4.90 Å². The number of hydrogen-bond acceptors (Lipinski definition) is 3. The van der Waals surface area contributed by atoms with E-state index in [1.165, 1.54) is 22.8 Å². The lowest BCUT2D eigenvalue weighted by molar-refractivity contribution is -0.902. The third-order valence-electron chi connectivity index (χ3n) is 3.26. The second kappa shape index (κ2) is 3.90. The van der Waals surface area contributed by atoms with Crippen molar-refractivity contribution in [1.29, 1.82) is 0 Å². The normalized spacial score (nSPS) is 28.5. The molecule has 2 fully saturated rings. The van der Waals surface area contributed by atoms with Crippen LogP contribution < -0.4 is 4.90 Å². The van der Waals surface area contributed by atoms with E-state index in [2.05, 4.69) is 0 Å². The monoisotopic (exact) mass is 212 g/mol. The number of hydrogen-bond donors (Lipinski definition) is 1. The van der Waals surface area contributed by atoms with Crippen LogP contribution in [0.4, 0.5) is 0 Å². The molecule has 2 aliphatic heterocycles. The first-order valence-corrected chi connectivity index (χ1v) is 5.50. The van der Waals surface area contributed by atoms with Crippen molar-refractivity contribution in [3.05, 3.63) is 0 Å². The van der Waals surface area contributed by atoms with Gasteiger partial charge in [0.15, 0.2) is 6.04 Å². The minimum Gasteiger partial charge on any atom is -0.324 e. The molecule has 1 atom stereocenters. The van der Waals surface area contributed by atoms with Gasteiger partial charge in [-0.1, -0.05) is 0 Å². The van der Waals surface area contributed by atoms with Crippen molar-refractivity contribution in [2.24, 2.45) is 0 Å². The fraction of sp³-hybridized carbons (Fsp3) is 0.800. The van der Waals surface area contributed by atoms with E-state index in [0.717, 1.165) is 13.1 Å². The Morgan fingerprint density at radius 3 is 2.33 bits per heavy atom. The van der Waals surface area contributed by atoms with E-state index in [-0.39, 0.29) is 17.9 Å². The van der Waals surface area contributed by atoms with E-state index < -0.39 is 0 Å². The summed E-state index contributed by atoms with van der Waals surface area (Å²) in [7, 11) is 3.47. The number of rotatable bonds is 2. The van der Waals surface area contributed by atoms with Crippen LogP contribution in [0.15, 0.2) is 0 Å². The van der Waals surface area contributed by atoms with Gasteiger partial charge in [0.1, 0.15) is 0 Å². The summed E-state index contributed by atoms with van der Waals surface area (Å²) < 4.78 is 0. The largest absolute Gasteiger partial charge is 0.324 e. The number of carbonyl (C=O) groups is 2. The highest BCUT2D eigenvalue weighted by molar-refractivity contribution is 6.04. The molecule has 84 valence electrons. The van der Waals surface area contributed by atoms with Crippen LogP contribution in [-0.4, -0.2) is 55.1 Å². The number of likely N-dealkylation sites (tertiary alicyclic amines) is 1. The fourth-order valence-electron chi connectivity index (χ4n) is 2.54. The van der Waals surface area contributed by atoms with Crippen LogP contribution >= 0.6 is 0 Å². The molecule has 0 bridgehead atoms. The van der Waals surface area contributed by atoms with Crippen LogP contribution in [-0.2, 0) is 9.59 Å². The average Bonchev–Trinajstić information content (AvgIpc) is 2.72. The topological polar surface area (TPSA) is 45.1 Å². The first-order valence-electron chi connectivity index (χ1n) is 5.50. The predicted octanol–water partition coefficient (Wildman–Crippen LogP) is -1.73. The van der Waals surface area contributed by atoms with Gasteiger partial charge >= 0.3 is 5.91 Å². The molecule has 0 radical (unpaired) electrons. The maximum absolute atomic E-state index is 12.0. The van der Waals surface area contributed by atoms with E-state index in [0.29, 0.717) is 6.42 Å². The molecule has 1 N–H and O–H groups in total. The Labute approximate surface area is 89.6 Å². The summed E-state index contributed by atoms with van der Waals surface area (Å²) >= 11 is 0. The number of nitrogens with one attached hydrogen (secondary N) is 1. The van der Waals surface area contributed by atoms with Crippen LogP contribution in [0, 0.1) is 0 Å². The Morgan fingerprint density at radius 1 is 1.27 bits per heavy atom. The summed E-state index contributed by atoms with van der Waals surface area (Å²) in [6, 6.07) is -0.123. The maximum atomic E-state index is 12.0. The van der Waals surface area contributed by atoms with Gasteiger partial charge in [-0.15, -0.1) is 0 Å². The predicted molar refractivity (Wildman–Crippen MR) is 53.9 cm³/mol. The lowest BCUT2D eigenvalue weighted by Crippen LogP contribution is -3.14. The summed E-state index contributed by atoms with van der Waals surface area (Å²) in [6.45, 7) is 2.07. The van der Waals surface area contributed by atoms with Crippen LogP contribution in [0.1, 0.15) is 19.3 Å². The first-order chi connectivity index (χ1) is 7.11. The molecule has 0 aliphatic carbocycles. The number of nitrogens with zero attached hydrogens (tertiary/aromatic N) is 2. The number of imide groups is 1. The van der Waals surface area contributed by atoms with Gasteiger partial charge in [-0.2, -0.15) is 0 Å². The number of quaternary nitrogens is 1. The summed E-state index contributed by atoms with van der Waals surface area (Å²) in [5.74, 6) is -0.0868. The first kappa shape index (κ1) is 10.6. The summed E-state index contributed by atoms with van der Waals surface area (Å²) in [4.78, 5) is 24.9. The van der Waals surface area contributed by atoms with Gasteiger partial charge in [0.25, 0.3) is 5.91 Å². The van der Waals surface area contributed by atoms with Crippen molar-refractivity contribution in [3.63, 3.8) is 0 Å². The molecule has 2 heterocycles. The van der Waals surface area contributed by atoms with E-state index in [4.69, 9.17) is 0 Å². The Balaban J connectivity index is 2.10. The van der Waals surface area contributed by atoms with E-state index in [1.807, 2.05) is 0 Å². The molecule has 5 nitrogen and oxygen atoms in total. The van der Waals surface area contributed by atoms with Gasteiger partial charge in [-0.3, -0.25) is 9.59 Å². The van der Waals surface area contributed by atoms with E-state index in [9.17, 15) is 9.59 Å². The Kier molecular flexibility index (Phi) is 2.75. The van der Waals surface area contributed by atoms with Gasteiger partial charge in [0.05, 0.1) is 19.5 Å². The summed E-state index contributed by atoms with van der Waals surface area (Å²) in [6.07, 6.45) is 2.73. The van der Waals surface area contributed by atoms with Crippen molar-refractivity contribution in [1.82, 2.24) is 10.0 Å². The molecular formula is C10H18N3O2+. The number of hydrazine groups is 1. The van der Waals surface area contributed by atoms with Crippen LogP contribution in [0.2, 0.25) is 0 Å². The number of carbonyl (C=O) groups excluding carboxylic acids is 2. The molecule has 0 aromatic rings. The minimum absolute atomic E-state index is 0.0260. The van der Waals surface area contributed by atoms with Crippen LogP contribution in [0.3, 0.4) is 0 Å². The second-order valence-electron chi connectivity index (χ2n) is 4.51. The van der Waals surface area contributed by atoms with Crippen molar-refractivity contribution in [3.8, 4) is 0 Å². The van der Waals surface area contributed by atoms with Crippen molar-refractivity contribution < 1.29 is 14.5 Å². The molecular weight excluding hydrogens is 194 g/mol. The maximum Gasteiger partial charge on any atom is 0.302 e. The zero-order valence-electron chi connectivity index (χ0n) is 9.32. The van der Waals surface area contributed by atoms with Gasteiger partial charge in [-0.05, 0) is 0 Å². The smallest absolute Gasteiger partial charge is 0.302 e. The molecule has 1 unspecified atom stereocenters. The quantitative estimate of drug-likeness (QED) is 0.553. The number of amides is 2. The molecule has 0 aromatic carbocycles. The highest BCUT2D eigenvalue weighted by Crippen LogP contribution is 2.12. The summed E-state index contributed by atoms with van der Waals surface area (Å²) in [5, 5.41) is 2.86. The third-order valence-corrected chi connectivity index (χ3v) is 3.26. The Bertz CT molecular complexity index is 284. The average molecular weight is 212 g/mol. The zero-order chi connectivity index (χ0) is 11.0. The van der Waals surface area contributed by atoms with Gasteiger partial charge in [0.2, 0.25) is 0 Å². The van der Waals surface area contributed by atoms with E-state index >= 15 is 0 Å². The highest BCUT2D eigenvalue weighted by Gasteiger charge is 2.46. The van der Waals surface area contributed by atoms with Crippen molar-refractivity contribution >= 4 is 11.8 Å². The van der Waals surface area contributed by atoms with Gasteiger partial charge in [-0.25, -0.2) is 10.0 Å². The fourth-order valence-corrected chi connectivity index (χ4v) is 2.54. The zero-order valence-corrected chi connectivity index (χ0v) is 9.32. The molecule has 2 rings (SSSR count). The molecule has 0 aromatic heterocycles. The molecule has 5 heteroatoms. The lowest BCUT2D eigenvalue weighted by atomic mass is 10.2. The molecule has 15 heavy (non-hydrogen) atoms. The Morgan fingerprint density at radius 2 is 1.87 bits per heavy atom. The summed E-state index contributed by atoms with van der Waals surface area (Å²) in [5.41, 5.74) is 0. The SMILES string of the molecule is CN(C)N1C(=O)CC([NH+]2CCCC2)C1=O. The molecule has 0 saturated carbocycles. The second-order valence-corrected chi connectivity index (χ2v) is 4.51. The third kappa shape index (κ3) is 1.77. The van der Waals surface area contributed by atoms with Crippen molar-refractivity contribution in [2.45, 2.75) is 25.3 Å². The standard InChI is InChI=1S/C10H17N3O2/c1-11(2)13-9(14)7-8(10(13)15)12-5-3-4-6-12/h8H,3-7H2,1-2H3/p+1. The Hall–Kier alpha value is -0.940. The minimum atomic E-state index is -0.123. The highest BCUT2D eigenvalue weighted by atomic mass is 16.2. The van der Waals surface area contributed by atoms with Crippen LogP contribution in [0.5, 0.6) is 0 Å². The molecule has 2 aliphatic rings. The molecule has 2 saturated heterocycles. The van der Waals surface area contributed by atoms with Crippen LogP contribution in [0.25, 0.3) is 0 Å². The van der Waals surface area contributed by atoms with Crippen molar-refractivity contribution in [2.75, 3.05) is 27.2 Å². The van der Waals surface area contributed by atoms with E-state index in [1.54, 1.807) is 19.1 Å². The lowest BCUT2D eigenvalue weighted by Gasteiger charge is -2.23. The molecule has 0 spiro atoms. The van der Waals surface area contributed by atoms with Gasteiger partial charge in [0, 0.05) is 26.9 Å².